The quantitative estimate of drug-likeness (QED) is 0.787. The van der Waals surface area contributed by atoms with Gasteiger partial charge in [0.1, 0.15) is 0 Å². The number of hydrogen-bond donors (Lipinski definition) is 2. The highest BCUT2D eigenvalue weighted by atomic mass is 16.5. The fourth-order valence-corrected chi connectivity index (χ4v) is 1.17. The molecular weight excluding hydrogens is 220 g/mol. The van der Waals surface area contributed by atoms with E-state index >= 15 is 0 Å². The van der Waals surface area contributed by atoms with Crippen molar-refractivity contribution in [2.24, 2.45) is 0 Å². The number of anilines is 1. The third-order valence-electron chi connectivity index (χ3n) is 1.92. The second kappa shape index (κ2) is 6.32. The number of allylic oxidation sites excluding steroid dienone is 1. The van der Waals surface area contributed by atoms with Gasteiger partial charge in [-0.25, -0.2) is 9.59 Å². The second-order valence-electron chi connectivity index (χ2n) is 3.17. The highest BCUT2D eigenvalue weighted by Gasteiger charge is 2.06. The van der Waals surface area contributed by atoms with E-state index in [-0.39, 0.29) is 6.03 Å². The Morgan fingerprint density at radius 2 is 2.12 bits per heavy atom. The highest BCUT2D eigenvalue weighted by Crippen LogP contribution is 2.11. The number of esters is 1. The van der Waals surface area contributed by atoms with Gasteiger partial charge in [0.05, 0.1) is 12.7 Å². The summed E-state index contributed by atoms with van der Waals surface area (Å²) in [6.45, 7) is 1.79. The predicted molar refractivity (Wildman–Crippen MR) is 64.7 cm³/mol. The van der Waals surface area contributed by atoms with Crippen LogP contribution in [-0.4, -0.2) is 19.1 Å². The number of ether oxygens (including phenoxy) is 1. The molecule has 0 saturated carbocycles. The van der Waals surface area contributed by atoms with Crippen molar-refractivity contribution < 1.29 is 14.3 Å². The van der Waals surface area contributed by atoms with Crippen molar-refractivity contribution in [1.82, 2.24) is 5.32 Å². The molecule has 90 valence electrons. The minimum absolute atomic E-state index is 0.370. The van der Waals surface area contributed by atoms with Gasteiger partial charge in [-0.3, -0.25) is 0 Å². The lowest BCUT2D eigenvalue weighted by molar-refractivity contribution is 0.0600. The monoisotopic (exact) mass is 234 g/mol. The third-order valence-corrected chi connectivity index (χ3v) is 1.92. The molecule has 1 aromatic rings. The molecule has 0 fully saturated rings. The minimum atomic E-state index is -0.442. The van der Waals surface area contributed by atoms with Crippen LogP contribution in [0.1, 0.15) is 17.3 Å². The molecule has 0 radical (unpaired) electrons. The van der Waals surface area contributed by atoms with Crippen molar-refractivity contribution in [1.29, 1.82) is 0 Å². The molecule has 2 amide bonds. The highest BCUT2D eigenvalue weighted by molar-refractivity contribution is 5.94. The normalized spacial score (nSPS) is 10.0. The molecule has 0 saturated heterocycles. The van der Waals surface area contributed by atoms with Gasteiger partial charge in [0.15, 0.2) is 0 Å². The summed E-state index contributed by atoms with van der Waals surface area (Å²) in [5.41, 5.74) is 0.909. The zero-order valence-electron chi connectivity index (χ0n) is 9.69. The van der Waals surface area contributed by atoms with Gasteiger partial charge in [-0.2, -0.15) is 0 Å². The van der Waals surface area contributed by atoms with Crippen molar-refractivity contribution in [3.8, 4) is 0 Å². The Balaban J connectivity index is 2.72. The van der Waals surface area contributed by atoms with E-state index in [4.69, 9.17) is 0 Å². The molecule has 0 heterocycles. The van der Waals surface area contributed by atoms with Gasteiger partial charge in [-0.05, 0) is 25.1 Å². The fourth-order valence-electron chi connectivity index (χ4n) is 1.17. The van der Waals surface area contributed by atoms with Crippen LogP contribution in [0.3, 0.4) is 0 Å². The SMILES string of the molecule is C/C=C/NC(=O)Nc1cccc(C(=O)OC)c1. The molecule has 0 atom stereocenters. The molecule has 1 rings (SSSR count). The third kappa shape index (κ3) is 3.98. The van der Waals surface area contributed by atoms with Crippen molar-refractivity contribution in [3.63, 3.8) is 0 Å². The average molecular weight is 234 g/mol. The maximum atomic E-state index is 11.3. The Morgan fingerprint density at radius 1 is 1.35 bits per heavy atom. The lowest BCUT2D eigenvalue weighted by Gasteiger charge is -2.06. The summed E-state index contributed by atoms with van der Waals surface area (Å²) in [5, 5.41) is 5.08. The Morgan fingerprint density at radius 3 is 2.76 bits per heavy atom. The molecule has 1 aromatic carbocycles. The van der Waals surface area contributed by atoms with Crippen LogP contribution in [0.4, 0.5) is 10.5 Å². The lowest BCUT2D eigenvalue weighted by atomic mass is 10.2. The van der Waals surface area contributed by atoms with Gasteiger partial charge in [-0.1, -0.05) is 12.1 Å². The number of benzene rings is 1. The number of hydrogen-bond acceptors (Lipinski definition) is 3. The summed E-state index contributed by atoms with van der Waals surface area (Å²) in [4.78, 5) is 22.6. The summed E-state index contributed by atoms with van der Waals surface area (Å²) in [6, 6.07) is 6.13. The Labute approximate surface area is 99.5 Å². The van der Waals surface area contributed by atoms with Gasteiger partial charge in [0, 0.05) is 11.9 Å². The number of nitrogens with one attached hydrogen (secondary N) is 2. The minimum Gasteiger partial charge on any atom is -0.465 e. The van der Waals surface area contributed by atoms with E-state index in [1.54, 1.807) is 37.3 Å². The molecule has 17 heavy (non-hydrogen) atoms. The van der Waals surface area contributed by atoms with Crippen LogP contribution in [0.5, 0.6) is 0 Å². The van der Waals surface area contributed by atoms with Gasteiger partial charge in [-0.15, -0.1) is 0 Å². The largest absolute Gasteiger partial charge is 0.465 e. The van der Waals surface area contributed by atoms with Crippen molar-refractivity contribution in [2.75, 3.05) is 12.4 Å². The number of rotatable bonds is 3. The first-order chi connectivity index (χ1) is 8.17. The maximum absolute atomic E-state index is 11.3. The Kier molecular flexibility index (Phi) is 4.75. The van der Waals surface area contributed by atoms with Crippen molar-refractivity contribution in [2.45, 2.75) is 6.92 Å². The van der Waals surface area contributed by atoms with Crippen molar-refractivity contribution >= 4 is 17.7 Å². The smallest absolute Gasteiger partial charge is 0.337 e. The van der Waals surface area contributed by atoms with Gasteiger partial charge < -0.3 is 15.4 Å². The van der Waals surface area contributed by atoms with Crippen LogP contribution >= 0.6 is 0 Å². The van der Waals surface area contributed by atoms with Gasteiger partial charge in [0.25, 0.3) is 0 Å². The molecule has 0 aliphatic rings. The van der Waals surface area contributed by atoms with Crippen LogP contribution in [0.15, 0.2) is 36.5 Å². The zero-order chi connectivity index (χ0) is 12.7. The zero-order valence-corrected chi connectivity index (χ0v) is 9.69. The van der Waals surface area contributed by atoms with Gasteiger partial charge in [0.2, 0.25) is 0 Å². The first-order valence-electron chi connectivity index (χ1n) is 5.04. The number of amides is 2. The average Bonchev–Trinajstić information content (AvgIpc) is 2.35. The standard InChI is InChI=1S/C12H14N2O3/c1-3-7-13-12(16)14-10-6-4-5-9(8-10)11(15)17-2/h3-8H,1-2H3,(H2,13,14,16)/b7-3+. The molecule has 5 heteroatoms. The van der Waals surface area contributed by atoms with E-state index in [0.717, 1.165) is 0 Å². The number of urea groups is 1. The van der Waals surface area contributed by atoms with Crippen LogP contribution in [0.2, 0.25) is 0 Å². The second-order valence-corrected chi connectivity index (χ2v) is 3.17. The molecule has 0 aliphatic carbocycles. The molecule has 0 spiro atoms. The number of methoxy groups -OCH3 is 1. The summed E-state index contributed by atoms with van der Waals surface area (Å²) in [6.07, 6.45) is 3.21. The Hall–Kier alpha value is -2.30. The molecule has 0 bridgehead atoms. The lowest BCUT2D eigenvalue weighted by Crippen LogP contribution is -2.23. The summed E-state index contributed by atoms with van der Waals surface area (Å²) >= 11 is 0. The van der Waals surface area contributed by atoms with Crippen LogP contribution in [-0.2, 0) is 4.74 Å². The molecular formula is C12H14N2O3. The predicted octanol–water partition coefficient (Wildman–Crippen LogP) is 2.13. The van der Waals surface area contributed by atoms with Crippen LogP contribution in [0, 0.1) is 0 Å². The fraction of sp³-hybridized carbons (Fsp3) is 0.167. The van der Waals surface area contributed by atoms with E-state index in [0.29, 0.717) is 11.3 Å². The number of carbonyl (C=O) groups excluding carboxylic acids is 2. The number of carbonyl (C=O) groups is 2. The summed E-state index contributed by atoms with van der Waals surface area (Å²) in [7, 11) is 1.31. The van der Waals surface area contributed by atoms with E-state index in [2.05, 4.69) is 15.4 Å². The van der Waals surface area contributed by atoms with Crippen LogP contribution < -0.4 is 10.6 Å². The first kappa shape index (κ1) is 12.8. The summed E-state index contributed by atoms with van der Waals surface area (Å²) in [5.74, 6) is -0.442. The first-order valence-corrected chi connectivity index (χ1v) is 5.04. The molecule has 5 nitrogen and oxygen atoms in total. The Bertz CT molecular complexity index is 441. The van der Waals surface area contributed by atoms with Crippen molar-refractivity contribution in [3.05, 3.63) is 42.1 Å². The molecule has 0 unspecified atom stereocenters. The molecule has 0 aliphatic heterocycles. The maximum Gasteiger partial charge on any atom is 0.337 e. The van der Waals surface area contributed by atoms with E-state index in [9.17, 15) is 9.59 Å². The molecule has 2 N–H and O–H groups in total. The van der Waals surface area contributed by atoms with E-state index in [1.807, 2.05) is 0 Å². The van der Waals surface area contributed by atoms with Crippen LogP contribution in [0.25, 0.3) is 0 Å². The summed E-state index contributed by atoms with van der Waals surface area (Å²) < 4.78 is 4.58. The van der Waals surface area contributed by atoms with E-state index < -0.39 is 5.97 Å². The topological polar surface area (TPSA) is 67.4 Å². The van der Waals surface area contributed by atoms with E-state index in [1.165, 1.54) is 13.3 Å². The molecule has 0 aromatic heterocycles. The van der Waals surface area contributed by atoms with Gasteiger partial charge >= 0.3 is 12.0 Å².